The third-order valence-electron chi connectivity index (χ3n) is 2.85. The first-order valence-corrected chi connectivity index (χ1v) is 6.54. The Balaban J connectivity index is 1.85. The van der Waals surface area contributed by atoms with E-state index in [0.29, 0.717) is 0 Å². The molecular weight excluding hydrogens is 315 g/mol. The van der Waals surface area contributed by atoms with Crippen LogP contribution < -0.4 is 9.47 Å². The molecule has 0 saturated heterocycles. The van der Waals surface area contributed by atoms with Gasteiger partial charge in [-0.2, -0.15) is 13.2 Å². The Morgan fingerprint density at radius 3 is 2.17 bits per heavy atom. The molecule has 0 unspecified atom stereocenters. The quantitative estimate of drug-likeness (QED) is 0.456. The lowest BCUT2D eigenvalue weighted by molar-refractivity contribution is -0.385. The molecule has 0 fully saturated rings. The minimum Gasteiger partial charge on any atom is -0.490 e. The lowest BCUT2D eigenvalue weighted by Gasteiger charge is -2.10. The fourth-order valence-electron chi connectivity index (χ4n) is 1.78. The highest BCUT2D eigenvalue weighted by atomic mass is 19.4. The Bertz CT molecular complexity index is 671. The van der Waals surface area contributed by atoms with Gasteiger partial charge in [0.25, 0.3) is 0 Å². The van der Waals surface area contributed by atoms with Crippen LogP contribution in [0.2, 0.25) is 0 Å². The van der Waals surface area contributed by atoms with E-state index >= 15 is 0 Å². The van der Waals surface area contributed by atoms with Gasteiger partial charge in [-0.05, 0) is 30.3 Å². The van der Waals surface area contributed by atoms with Crippen molar-refractivity contribution in [1.82, 2.24) is 0 Å². The molecule has 0 aliphatic carbocycles. The van der Waals surface area contributed by atoms with E-state index in [1.807, 2.05) is 0 Å². The monoisotopic (exact) mass is 327 g/mol. The predicted molar refractivity (Wildman–Crippen MR) is 75.5 cm³/mol. The molecule has 2 aromatic carbocycles. The van der Waals surface area contributed by atoms with Crippen LogP contribution in [0.25, 0.3) is 0 Å². The molecule has 8 heteroatoms. The number of rotatable bonds is 6. The first kappa shape index (κ1) is 16.6. The number of halogens is 3. The normalized spacial score (nSPS) is 11.1. The van der Waals surface area contributed by atoms with E-state index in [2.05, 4.69) is 0 Å². The van der Waals surface area contributed by atoms with Crippen LogP contribution in [0.5, 0.6) is 11.5 Å². The maximum atomic E-state index is 12.4. The summed E-state index contributed by atoms with van der Waals surface area (Å²) in [6.07, 6.45) is -4.39. The van der Waals surface area contributed by atoms with Crippen LogP contribution >= 0.6 is 0 Å². The highest BCUT2D eigenvalue weighted by molar-refractivity contribution is 5.45. The average Bonchev–Trinajstić information content (AvgIpc) is 2.51. The molecule has 0 atom stereocenters. The van der Waals surface area contributed by atoms with Gasteiger partial charge in [0, 0.05) is 6.07 Å². The number of nitrogens with zero attached hydrogens (tertiary/aromatic N) is 1. The van der Waals surface area contributed by atoms with E-state index in [4.69, 9.17) is 9.47 Å². The van der Waals surface area contributed by atoms with Gasteiger partial charge in [-0.15, -0.1) is 0 Å². The molecule has 0 spiro atoms. The van der Waals surface area contributed by atoms with Crippen molar-refractivity contribution in [1.29, 1.82) is 0 Å². The molecule has 0 saturated carbocycles. The summed E-state index contributed by atoms with van der Waals surface area (Å²) in [5.74, 6) is 0.359. The lowest BCUT2D eigenvalue weighted by atomic mass is 10.2. The van der Waals surface area contributed by atoms with Crippen LogP contribution in [0.3, 0.4) is 0 Å². The summed E-state index contributed by atoms with van der Waals surface area (Å²) in [7, 11) is 0. The van der Waals surface area contributed by atoms with Crippen molar-refractivity contribution < 1.29 is 27.6 Å². The van der Waals surface area contributed by atoms with Crippen molar-refractivity contribution in [2.24, 2.45) is 0 Å². The minimum atomic E-state index is -4.39. The van der Waals surface area contributed by atoms with E-state index in [9.17, 15) is 23.3 Å². The van der Waals surface area contributed by atoms with Crippen molar-refractivity contribution >= 4 is 5.69 Å². The summed E-state index contributed by atoms with van der Waals surface area (Å²) in [5, 5.41) is 10.8. The van der Waals surface area contributed by atoms with Gasteiger partial charge in [-0.25, -0.2) is 0 Å². The molecule has 0 N–H and O–H groups in total. The second kappa shape index (κ2) is 6.99. The Labute approximate surface area is 129 Å². The molecule has 0 radical (unpaired) electrons. The molecular formula is C15H12F3NO4. The molecule has 5 nitrogen and oxygen atoms in total. The number of hydrogen-bond donors (Lipinski definition) is 0. The third kappa shape index (κ3) is 4.60. The van der Waals surface area contributed by atoms with Gasteiger partial charge in [-0.3, -0.25) is 10.1 Å². The molecule has 0 heterocycles. The van der Waals surface area contributed by atoms with Gasteiger partial charge in [-0.1, -0.05) is 12.1 Å². The van der Waals surface area contributed by atoms with Crippen LogP contribution in [-0.4, -0.2) is 18.1 Å². The van der Waals surface area contributed by atoms with Gasteiger partial charge in [0.2, 0.25) is 0 Å². The van der Waals surface area contributed by atoms with Crippen LogP contribution in [-0.2, 0) is 6.18 Å². The molecule has 122 valence electrons. The zero-order valence-corrected chi connectivity index (χ0v) is 11.7. The van der Waals surface area contributed by atoms with Gasteiger partial charge in [0.15, 0.2) is 5.75 Å². The summed E-state index contributed by atoms with van der Waals surface area (Å²) < 4.78 is 47.7. The molecule has 0 bridgehead atoms. The Morgan fingerprint density at radius 2 is 1.57 bits per heavy atom. The molecule has 0 amide bonds. The largest absolute Gasteiger partial charge is 0.490 e. The van der Waals surface area contributed by atoms with Crippen molar-refractivity contribution in [2.45, 2.75) is 6.18 Å². The van der Waals surface area contributed by atoms with E-state index in [1.54, 1.807) is 6.07 Å². The molecule has 0 aliphatic rings. The predicted octanol–water partition coefficient (Wildman–Crippen LogP) is 4.07. The molecule has 0 aromatic heterocycles. The number of hydrogen-bond acceptors (Lipinski definition) is 4. The second-order valence-electron chi connectivity index (χ2n) is 4.44. The summed E-state index contributed by atoms with van der Waals surface area (Å²) >= 11 is 0. The first-order valence-electron chi connectivity index (χ1n) is 6.54. The van der Waals surface area contributed by atoms with E-state index in [0.717, 1.165) is 12.1 Å². The average molecular weight is 327 g/mol. The second-order valence-corrected chi connectivity index (χ2v) is 4.44. The van der Waals surface area contributed by atoms with Crippen LogP contribution in [0, 0.1) is 10.1 Å². The van der Waals surface area contributed by atoms with Crippen molar-refractivity contribution in [3.63, 3.8) is 0 Å². The van der Waals surface area contributed by atoms with Crippen LogP contribution in [0.4, 0.5) is 18.9 Å². The summed E-state index contributed by atoms with van der Waals surface area (Å²) in [6, 6.07) is 10.1. The zero-order chi connectivity index (χ0) is 16.9. The summed E-state index contributed by atoms with van der Waals surface area (Å²) in [5.41, 5.74) is -0.928. The van der Waals surface area contributed by atoms with Crippen LogP contribution in [0.1, 0.15) is 5.56 Å². The van der Waals surface area contributed by atoms with Gasteiger partial charge >= 0.3 is 11.9 Å². The molecule has 23 heavy (non-hydrogen) atoms. The van der Waals surface area contributed by atoms with Crippen molar-refractivity contribution in [3.05, 3.63) is 64.2 Å². The lowest BCUT2D eigenvalue weighted by Crippen LogP contribution is -2.10. The molecule has 2 rings (SSSR count). The van der Waals surface area contributed by atoms with Gasteiger partial charge in [0.1, 0.15) is 19.0 Å². The van der Waals surface area contributed by atoms with Crippen molar-refractivity contribution in [2.75, 3.05) is 13.2 Å². The first-order chi connectivity index (χ1) is 10.9. The maximum Gasteiger partial charge on any atom is 0.416 e. The summed E-state index contributed by atoms with van der Waals surface area (Å²) in [6.45, 7) is 0.0588. The van der Waals surface area contributed by atoms with Crippen molar-refractivity contribution in [3.8, 4) is 11.5 Å². The van der Waals surface area contributed by atoms with E-state index < -0.39 is 16.7 Å². The highest BCUT2D eigenvalue weighted by Gasteiger charge is 2.30. The van der Waals surface area contributed by atoms with E-state index in [-0.39, 0.29) is 30.4 Å². The topological polar surface area (TPSA) is 61.6 Å². The minimum absolute atomic E-state index is 0.0197. The fraction of sp³-hybridized carbons (Fsp3) is 0.200. The maximum absolute atomic E-state index is 12.4. The molecule has 2 aromatic rings. The number of alkyl halides is 3. The van der Waals surface area contributed by atoms with E-state index in [1.165, 1.54) is 30.3 Å². The SMILES string of the molecule is O=[N+]([O-])c1ccccc1OCCOc1ccc(C(F)(F)F)cc1. The Kier molecular flexibility index (Phi) is 5.05. The number of nitro benzene ring substituents is 1. The van der Waals surface area contributed by atoms with Gasteiger partial charge < -0.3 is 9.47 Å². The van der Waals surface area contributed by atoms with Crippen LogP contribution in [0.15, 0.2) is 48.5 Å². The Hall–Kier alpha value is -2.77. The fourth-order valence-corrected chi connectivity index (χ4v) is 1.78. The third-order valence-corrected chi connectivity index (χ3v) is 2.85. The smallest absolute Gasteiger partial charge is 0.416 e. The number of nitro groups is 1. The highest BCUT2D eigenvalue weighted by Crippen LogP contribution is 2.30. The zero-order valence-electron chi connectivity index (χ0n) is 11.7. The standard InChI is InChI=1S/C15H12F3NO4/c16-15(17,18)11-5-7-12(8-6-11)22-9-10-23-14-4-2-1-3-13(14)19(20)21/h1-8H,9-10H2. The number of benzene rings is 2. The number of para-hydroxylation sites is 2. The number of ether oxygens (including phenoxy) is 2. The summed E-state index contributed by atoms with van der Waals surface area (Å²) in [4.78, 5) is 10.2. The molecule has 0 aliphatic heterocycles. The Morgan fingerprint density at radius 1 is 0.957 bits per heavy atom. The van der Waals surface area contributed by atoms with Gasteiger partial charge in [0.05, 0.1) is 10.5 Å².